The van der Waals surface area contributed by atoms with Crippen LogP contribution in [0, 0.1) is 10.1 Å². The molecular weight excluding hydrogens is 262 g/mol. The number of carbonyl (C=O) groups excluding carboxylic acids is 2. The van der Waals surface area contributed by atoms with Gasteiger partial charge in [-0.3, -0.25) is 19.7 Å². The summed E-state index contributed by atoms with van der Waals surface area (Å²) < 4.78 is 4.66. The minimum absolute atomic E-state index is 0.0417. The number of nitro groups is 1. The van der Waals surface area contributed by atoms with Crippen LogP contribution in [-0.2, 0) is 14.3 Å². The summed E-state index contributed by atoms with van der Waals surface area (Å²) in [7, 11) is 0. The molecule has 6 nitrogen and oxygen atoms in total. The maximum Gasteiger partial charge on any atom is 0.313 e. The number of nitro benzene ring substituents is 1. The average molecular weight is 275 g/mol. The summed E-state index contributed by atoms with van der Waals surface area (Å²) in [5.74, 6) is -1.15. The molecule has 1 rings (SSSR count). The Morgan fingerprint density at radius 2 is 2.05 bits per heavy atom. The molecule has 0 atom stereocenters. The third kappa shape index (κ3) is 4.85. The first kappa shape index (κ1) is 15.3. The normalized spacial score (nSPS) is 10.2. The van der Waals surface area contributed by atoms with Crippen molar-refractivity contribution in [1.29, 1.82) is 0 Å². The molecule has 0 aromatic heterocycles. The van der Waals surface area contributed by atoms with Crippen LogP contribution < -0.4 is 0 Å². The zero-order valence-corrected chi connectivity index (χ0v) is 10.7. The Bertz CT molecular complexity index is 562. The number of rotatable bonds is 7. The predicted octanol–water partition coefficient (Wildman–Crippen LogP) is 2.30. The lowest BCUT2D eigenvalue weighted by atomic mass is 10.1. The van der Waals surface area contributed by atoms with Crippen LogP contribution in [-0.4, -0.2) is 23.3 Å². The molecule has 0 unspecified atom stereocenters. The highest BCUT2D eigenvalue weighted by Gasteiger charge is 2.11. The largest absolute Gasteiger partial charge is 0.461 e. The SMILES string of the molecule is C=CCOC(=O)CC(=O)C=Cc1ccccc1[N+](=O)[O-]. The summed E-state index contributed by atoms with van der Waals surface area (Å²) >= 11 is 0. The topological polar surface area (TPSA) is 86.5 Å². The number of ketones is 1. The summed E-state index contributed by atoms with van der Waals surface area (Å²) in [5, 5.41) is 10.8. The second-order valence-electron chi connectivity index (χ2n) is 3.76. The fraction of sp³-hybridized carbons (Fsp3) is 0.143. The lowest BCUT2D eigenvalue weighted by Crippen LogP contribution is -2.09. The fourth-order valence-electron chi connectivity index (χ4n) is 1.38. The maximum absolute atomic E-state index is 11.5. The van der Waals surface area contributed by atoms with Gasteiger partial charge >= 0.3 is 5.97 Å². The number of esters is 1. The Balaban J connectivity index is 2.68. The number of benzene rings is 1. The van der Waals surface area contributed by atoms with Crippen LogP contribution in [0.1, 0.15) is 12.0 Å². The van der Waals surface area contributed by atoms with Crippen LogP contribution in [0.3, 0.4) is 0 Å². The molecule has 0 saturated heterocycles. The second-order valence-corrected chi connectivity index (χ2v) is 3.76. The van der Waals surface area contributed by atoms with Crippen LogP contribution in [0.25, 0.3) is 6.08 Å². The summed E-state index contributed by atoms with van der Waals surface area (Å²) in [6.07, 6.45) is 3.41. The van der Waals surface area contributed by atoms with Crippen molar-refractivity contribution in [3.63, 3.8) is 0 Å². The lowest BCUT2D eigenvalue weighted by molar-refractivity contribution is -0.385. The molecule has 1 aromatic carbocycles. The number of hydrogen-bond acceptors (Lipinski definition) is 5. The number of carbonyl (C=O) groups is 2. The Morgan fingerprint density at radius 1 is 1.35 bits per heavy atom. The van der Waals surface area contributed by atoms with E-state index in [2.05, 4.69) is 11.3 Å². The van der Waals surface area contributed by atoms with Gasteiger partial charge in [0.05, 0.1) is 10.5 Å². The van der Waals surface area contributed by atoms with Crippen molar-refractivity contribution in [3.05, 3.63) is 58.7 Å². The highest BCUT2D eigenvalue weighted by atomic mass is 16.6. The highest BCUT2D eigenvalue weighted by Crippen LogP contribution is 2.18. The van der Waals surface area contributed by atoms with Crippen molar-refractivity contribution >= 4 is 23.5 Å². The number of allylic oxidation sites excluding steroid dienone is 1. The van der Waals surface area contributed by atoms with Crippen molar-refractivity contribution in [2.75, 3.05) is 6.61 Å². The molecule has 104 valence electrons. The number of hydrogen-bond donors (Lipinski definition) is 0. The summed E-state index contributed by atoms with van der Waals surface area (Å²) in [4.78, 5) is 32.9. The van der Waals surface area contributed by atoms with Crippen LogP contribution in [0.2, 0.25) is 0 Å². The lowest BCUT2D eigenvalue weighted by Gasteiger charge is -1.99. The van der Waals surface area contributed by atoms with Crippen LogP contribution >= 0.6 is 0 Å². The molecule has 0 bridgehead atoms. The molecule has 0 aliphatic rings. The third-order valence-electron chi connectivity index (χ3n) is 2.26. The van der Waals surface area contributed by atoms with Crippen molar-refractivity contribution < 1.29 is 19.2 Å². The Labute approximate surface area is 115 Å². The van der Waals surface area contributed by atoms with Gasteiger partial charge in [0, 0.05) is 6.07 Å². The van der Waals surface area contributed by atoms with Gasteiger partial charge in [-0.15, -0.1) is 0 Å². The van der Waals surface area contributed by atoms with Crippen molar-refractivity contribution in [2.45, 2.75) is 6.42 Å². The second kappa shape index (κ2) is 7.63. The van der Waals surface area contributed by atoms with E-state index in [-0.39, 0.29) is 12.3 Å². The maximum atomic E-state index is 11.5. The van der Waals surface area contributed by atoms with Gasteiger partial charge in [0.1, 0.15) is 13.0 Å². The van der Waals surface area contributed by atoms with E-state index in [0.717, 1.165) is 6.08 Å². The first-order valence-electron chi connectivity index (χ1n) is 5.75. The van der Waals surface area contributed by atoms with E-state index >= 15 is 0 Å². The van der Waals surface area contributed by atoms with E-state index in [1.165, 1.54) is 30.4 Å². The van der Waals surface area contributed by atoms with Crippen LogP contribution in [0.15, 0.2) is 43.0 Å². The average Bonchev–Trinajstić information content (AvgIpc) is 2.43. The molecule has 0 saturated carbocycles. The van der Waals surface area contributed by atoms with E-state index in [1.807, 2.05) is 0 Å². The molecule has 1 aromatic rings. The molecule has 0 heterocycles. The van der Waals surface area contributed by atoms with E-state index in [0.29, 0.717) is 5.56 Å². The van der Waals surface area contributed by atoms with Gasteiger partial charge in [-0.2, -0.15) is 0 Å². The van der Waals surface area contributed by atoms with Crippen LogP contribution in [0.4, 0.5) is 5.69 Å². The minimum atomic E-state index is -0.665. The predicted molar refractivity (Wildman–Crippen MR) is 72.9 cm³/mol. The molecule has 0 amide bonds. The first-order chi connectivity index (χ1) is 9.54. The third-order valence-corrected chi connectivity index (χ3v) is 2.26. The van der Waals surface area contributed by atoms with E-state index in [9.17, 15) is 19.7 Å². The molecular formula is C14H13NO5. The molecule has 0 radical (unpaired) electrons. The Hall–Kier alpha value is -2.76. The Morgan fingerprint density at radius 3 is 2.70 bits per heavy atom. The summed E-state index contributed by atoms with van der Waals surface area (Å²) in [6, 6.07) is 6.00. The number of para-hydroxylation sites is 1. The Kier molecular flexibility index (Phi) is 5.83. The quantitative estimate of drug-likeness (QED) is 0.190. The van der Waals surface area contributed by atoms with Gasteiger partial charge in [0.2, 0.25) is 0 Å². The zero-order valence-electron chi connectivity index (χ0n) is 10.7. The van der Waals surface area contributed by atoms with Gasteiger partial charge in [-0.05, 0) is 18.2 Å². The van der Waals surface area contributed by atoms with Crippen molar-refractivity contribution in [1.82, 2.24) is 0 Å². The van der Waals surface area contributed by atoms with Crippen LogP contribution in [0.5, 0.6) is 0 Å². The fourth-order valence-corrected chi connectivity index (χ4v) is 1.38. The van der Waals surface area contributed by atoms with Gasteiger partial charge < -0.3 is 4.74 Å². The first-order valence-corrected chi connectivity index (χ1v) is 5.75. The van der Waals surface area contributed by atoms with E-state index < -0.39 is 23.1 Å². The smallest absolute Gasteiger partial charge is 0.313 e. The van der Waals surface area contributed by atoms with Gasteiger partial charge in [0.25, 0.3) is 5.69 Å². The summed E-state index contributed by atoms with van der Waals surface area (Å²) in [6.45, 7) is 3.42. The number of ether oxygens (including phenoxy) is 1. The summed E-state index contributed by atoms with van der Waals surface area (Å²) in [5.41, 5.74) is 0.191. The molecule has 0 aliphatic carbocycles. The molecule has 20 heavy (non-hydrogen) atoms. The number of nitrogens with zero attached hydrogens (tertiary/aromatic N) is 1. The molecule has 0 spiro atoms. The van der Waals surface area contributed by atoms with Crippen molar-refractivity contribution in [2.24, 2.45) is 0 Å². The van der Waals surface area contributed by atoms with E-state index in [4.69, 9.17) is 0 Å². The van der Waals surface area contributed by atoms with E-state index in [1.54, 1.807) is 6.07 Å². The highest BCUT2D eigenvalue weighted by molar-refractivity contribution is 6.04. The zero-order chi connectivity index (χ0) is 15.0. The van der Waals surface area contributed by atoms with Gasteiger partial charge in [-0.25, -0.2) is 0 Å². The van der Waals surface area contributed by atoms with Gasteiger partial charge in [-0.1, -0.05) is 24.8 Å². The molecule has 0 aliphatic heterocycles. The minimum Gasteiger partial charge on any atom is -0.461 e. The molecule has 0 fully saturated rings. The molecule has 0 N–H and O–H groups in total. The van der Waals surface area contributed by atoms with Crippen molar-refractivity contribution in [3.8, 4) is 0 Å². The van der Waals surface area contributed by atoms with Gasteiger partial charge in [0.15, 0.2) is 5.78 Å². The molecule has 6 heteroatoms. The standard InChI is InChI=1S/C14H13NO5/c1-2-9-20-14(17)10-12(16)8-7-11-5-3-4-6-13(11)15(18)19/h2-8H,1,9-10H2. The monoisotopic (exact) mass is 275 g/mol.